The van der Waals surface area contributed by atoms with Crippen molar-refractivity contribution in [2.45, 2.75) is 19.4 Å². The van der Waals surface area contributed by atoms with Gasteiger partial charge in [0, 0.05) is 18.3 Å². The van der Waals surface area contributed by atoms with Crippen molar-refractivity contribution in [1.29, 1.82) is 0 Å². The molecule has 0 bridgehead atoms. The number of amides is 1. The second-order valence-electron chi connectivity index (χ2n) is 3.81. The van der Waals surface area contributed by atoms with E-state index in [4.69, 9.17) is 5.73 Å². The molecule has 1 rings (SSSR count). The number of aliphatic hydroxyl groups is 1. The number of aliphatic hydroxyl groups excluding tert-OH is 1. The number of nitrogens with zero attached hydrogens (tertiary/aromatic N) is 1. The summed E-state index contributed by atoms with van der Waals surface area (Å²) >= 11 is 0. The lowest BCUT2D eigenvalue weighted by Crippen LogP contribution is -2.31. The molecule has 4 heteroatoms. The maximum absolute atomic E-state index is 10.9. The van der Waals surface area contributed by atoms with E-state index in [-0.39, 0.29) is 12.5 Å². The highest BCUT2D eigenvalue weighted by Crippen LogP contribution is 2.27. The number of likely N-dealkylation sites (N-methyl/N-ethyl adjacent to an activating group) is 1. The molecule has 1 amide bonds. The molecule has 1 aromatic rings. The molecule has 1 atom stereocenters. The third kappa shape index (κ3) is 2.97. The zero-order chi connectivity index (χ0) is 12.1. The summed E-state index contributed by atoms with van der Waals surface area (Å²) in [7, 11) is 1.78. The Kier molecular flexibility index (Phi) is 4.31. The van der Waals surface area contributed by atoms with Gasteiger partial charge in [0.05, 0.1) is 12.6 Å². The van der Waals surface area contributed by atoms with Gasteiger partial charge in [-0.3, -0.25) is 4.79 Å². The standard InChI is InChI=1S/C12H18N2O2/c1-3-11(15)9-6-4-5-7-10(9)14(2)8-12(13)16/h4-7,11,15H,3,8H2,1-2H3,(H2,13,16). The monoisotopic (exact) mass is 222 g/mol. The molecular weight excluding hydrogens is 204 g/mol. The molecule has 4 nitrogen and oxygen atoms in total. The van der Waals surface area contributed by atoms with Gasteiger partial charge in [-0.05, 0) is 12.5 Å². The summed E-state index contributed by atoms with van der Waals surface area (Å²) in [4.78, 5) is 12.6. The van der Waals surface area contributed by atoms with Gasteiger partial charge in [-0.25, -0.2) is 0 Å². The SMILES string of the molecule is CCC(O)c1ccccc1N(C)CC(N)=O. The first kappa shape index (κ1) is 12.5. The first-order chi connectivity index (χ1) is 7.56. The average Bonchev–Trinajstić information content (AvgIpc) is 2.27. The molecule has 88 valence electrons. The Hall–Kier alpha value is -1.55. The molecule has 0 aliphatic heterocycles. The van der Waals surface area contributed by atoms with Crippen LogP contribution in [-0.4, -0.2) is 24.6 Å². The van der Waals surface area contributed by atoms with Crippen molar-refractivity contribution < 1.29 is 9.90 Å². The first-order valence-corrected chi connectivity index (χ1v) is 5.32. The number of carbonyl (C=O) groups is 1. The van der Waals surface area contributed by atoms with E-state index >= 15 is 0 Å². The summed E-state index contributed by atoms with van der Waals surface area (Å²) < 4.78 is 0. The van der Waals surface area contributed by atoms with Gasteiger partial charge in [0.1, 0.15) is 0 Å². The van der Waals surface area contributed by atoms with Crippen molar-refractivity contribution in [3.63, 3.8) is 0 Å². The van der Waals surface area contributed by atoms with Gasteiger partial charge in [-0.15, -0.1) is 0 Å². The van der Waals surface area contributed by atoms with Crippen molar-refractivity contribution >= 4 is 11.6 Å². The number of benzene rings is 1. The number of hydrogen-bond acceptors (Lipinski definition) is 3. The minimum absolute atomic E-state index is 0.146. The van der Waals surface area contributed by atoms with Crippen molar-refractivity contribution in [2.75, 3.05) is 18.5 Å². The quantitative estimate of drug-likeness (QED) is 0.782. The van der Waals surface area contributed by atoms with Crippen molar-refractivity contribution in [2.24, 2.45) is 5.73 Å². The molecule has 16 heavy (non-hydrogen) atoms. The minimum Gasteiger partial charge on any atom is -0.388 e. The summed E-state index contributed by atoms with van der Waals surface area (Å²) in [6.45, 7) is 2.06. The lowest BCUT2D eigenvalue weighted by Gasteiger charge is -2.22. The normalized spacial score (nSPS) is 12.2. The Morgan fingerprint density at radius 1 is 1.50 bits per heavy atom. The summed E-state index contributed by atoms with van der Waals surface area (Å²) in [5.41, 5.74) is 6.82. The Morgan fingerprint density at radius 2 is 2.12 bits per heavy atom. The van der Waals surface area contributed by atoms with Crippen LogP contribution in [-0.2, 0) is 4.79 Å². The molecule has 0 aliphatic carbocycles. The van der Waals surface area contributed by atoms with Crippen LogP contribution in [0.1, 0.15) is 25.0 Å². The number of rotatable bonds is 5. The van der Waals surface area contributed by atoms with Crippen LogP contribution in [0.4, 0.5) is 5.69 Å². The van der Waals surface area contributed by atoms with Gasteiger partial charge < -0.3 is 15.7 Å². The van der Waals surface area contributed by atoms with Gasteiger partial charge in [-0.2, -0.15) is 0 Å². The van der Waals surface area contributed by atoms with E-state index in [0.717, 1.165) is 11.3 Å². The minimum atomic E-state index is -0.508. The van der Waals surface area contributed by atoms with Crippen LogP contribution in [0.25, 0.3) is 0 Å². The smallest absolute Gasteiger partial charge is 0.236 e. The lowest BCUT2D eigenvalue weighted by atomic mass is 10.0. The number of anilines is 1. The van der Waals surface area contributed by atoms with Gasteiger partial charge >= 0.3 is 0 Å². The molecule has 0 radical (unpaired) electrons. The third-order valence-electron chi connectivity index (χ3n) is 2.49. The second kappa shape index (κ2) is 5.51. The van der Waals surface area contributed by atoms with Gasteiger partial charge in [0.25, 0.3) is 0 Å². The Bertz CT molecular complexity index is 366. The zero-order valence-corrected chi connectivity index (χ0v) is 9.68. The van der Waals surface area contributed by atoms with Gasteiger partial charge in [-0.1, -0.05) is 25.1 Å². The van der Waals surface area contributed by atoms with E-state index in [1.807, 2.05) is 31.2 Å². The maximum atomic E-state index is 10.9. The average molecular weight is 222 g/mol. The Labute approximate surface area is 95.7 Å². The summed E-state index contributed by atoms with van der Waals surface area (Å²) in [5, 5.41) is 9.85. The van der Waals surface area contributed by atoms with Crippen LogP contribution in [0.3, 0.4) is 0 Å². The first-order valence-electron chi connectivity index (χ1n) is 5.32. The molecule has 0 fully saturated rings. The highest BCUT2D eigenvalue weighted by atomic mass is 16.3. The van der Waals surface area contributed by atoms with E-state index < -0.39 is 6.10 Å². The number of hydrogen-bond donors (Lipinski definition) is 2. The lowest BCUT2D eigenvalue weighted by molar-refractivity contribution is -0.116. The molecule has 1 unspecified atom stereocenters. The van der Waals surface area contributed by atoms with Crippen LogP contribution in [0.2, 0.25) is 0 Å². The molecule has 0 aromatic heterocycles. The van der Waals surface area contributed by atoms with Crippen LogP contribution in [0.5, 0.6) is 0 Å². The molecule has 3 N–H and O–H groups in total. The van der Waals surface area contributed by atoms with Gasteiger partial charge in [0.2, 0.25) is 5.91 Å². The van der Waals surface area contributed by atoms with Crippen molar-refractivity contribution in [1.82, 2.24) is 0 Å². The maximum Gasteiger partial charge on any atom is 0.236 e. The fraction of sp³-hybridized carbons (Fsp3) is 0.417. The zero-order valence-electron chi connectivity index (χ0n) is 9.68. The van der Waals surface area contributed by atoms with E-state index in [0.29, 0.717) is 6.42 Å². The third-order valence-corrected chi connectivity index (χ3v) is 2.49. The molecule has 0 aliphatic rings. The van der Waals surface area contributed by atoms with E-state index in [1.165, 1.54) is 0 Å². The number of para-hydroxylation sites is 1. The summed E-state index contributed by atoms with van der Waals surface area (Å²) in [5.74, 6) is -0.386. The molecular formula is C12H18N2O2. The summed E-state index contributed by atoms with van der Waals surface area (Å²) in [6, 6.07) is 7.48. The number of carbonyl (C=O) groups excluding carboxylic acids is 1. The molecule has 0 saturated carbocycles. The largest absolute Gasteiger partial charge is 0.388 e. The van der Waals surface area contributed by atoms with E-state index in [9.17, 15) is 9.90 Å². The number of nitrogens with two attached hydrogens (primary N) is 1. The molecule has 0 heterocycles. The number of primary amides is 1. The molecule has 0 saturated heterocycles. The Morgan fingerprint density at radius 3 is 2.69 bits per heavy atom. The van der Waals surface area contributed by atoms with Crippen LogP contribution < -0.4 is 10.6 Å². The van der Waals surface area contributed by atoms with Crippen LogP contribution in [0.15, 0.2) is 24.3 Å². The highest BCUT2D eigenvalue weighted by molar-refractivity contribution is 5.79. The van der Waals surface area contributed by atoms with Crippen molar-refractivity contribution in [3.05, 3.63) is 29.8 Å². The highest BCUT2D eigenvalue weighted by Gasteiger charge is 2.13. The molecule has 0 spiro atoms. The fourth-order valence-corrected chi connectivity index (χ4v) is 1.66. The fourth-order valence-electron chi connectivity index (χ4n) is 1.66. The second-order valence-corrected chi connectivity index (χ2v) is 3.81. The van der Waals surface area contributed by atoms with Gasteiger partial charge in [0.15, 0.2) is 0 Å². The predicted octanol–water partition coefficient (Wildman–Crippen LogP) is 1.05. The summed E-state index contributed by atoms with van der Waals surface area (Å²) in [6.07, 6.45) is 0.132. The van der Waals surface area contributed by atoms with Crippen molar-refractivity contribution in [3.8, 4) is 0 Å². The van der Waals surface area contributed by atoms with E-state index in [2.05, 4.69) is 0 Å². The molecule has 1 aromatic carbocycles. The van der Waals surface area contributed by atoms with Crippen LogP contribution in [0, 0.1) is 0 Å². The topological polar surface area (TPSA) is 66.6 Å². The van der Waals surface area contributed by atoms with Crippen LogP contribution >= 0.6 is 0 Å². The predicted molar refractivity (Wildman–Crippen MR) is 64.2 cm³/mol. The van der Waals surface area contributed by atoms with E-state index in [1.54, 1.807) is 11.9 Å². The Balaban J connectivity index is 2.98.